The Morgan fingerprint density at radius 1 is 0.596 bits per heavy atom. The molecular weight excluding hydrogens is 762 g/mol. The molecule has 9 aromatic rings. The van der Waals surface area contributed by atoms with Gasteiger partial charge < -0.3 is 14.0 Å². The van der Waals surface area contributed by atoms with Gasteiger partial charge in [-0.3, -0.25) is 15.0 Å². The van der Waals surface area contributed by atoms with E-state index in [-0.39, 0.29) is 21.1 Å². The zero-order valence-electron chi connectivity index (χ0n) is 24.7. The van der Waals surface area contributed by atoms with Crippen molar-refractivity contribution in [2.24, 2.45) is 0 Å². The van der Waals surface area contributed by atoms with Gasteiger partial charge in [0, 0.05) is 42.1 Å². The molecule has 0 radical (unpaired) electrons. The van der Waals surface area contributed by atoms with Crippen LogP contribution in [0.4, 0.5) is 0 Å². The molecule has 4 aromatic carbocycles. The molecule has 0 aliphatic carbocycles. The molecule has 0 aliphatic rings. The van der Waals surface area contributed by atoms with Crippen molar-refractivity contribution in [1.29, 1.82) is 0 Å². The van der Waals surface area contributed by atoms with E-state index in [1.54, 1.807) is 18.6 Å². The normalized spacial score (nSPS) is 11.2. The van der Waals surface area contributed by atoms with Crippen LogP contribution in [0, 0.1) is 12.1 Å². The van der Waals surface area contributed by atoms with Gasteiger partial charge in [0.25, 0.3) is 0 Å². The van der Waals surface area contributed by atoms with Crippen molar-refractivity contribution in [3.8, 4) is 50.7 Å². The van der Waals surface area contributed by atoms with E-state index in [0.717, 1.165) is 72.1 Å². The molecule has 0 aliphatic heterocycles. The van der Waals surface area contributed by atoms with Crippen LogP contribution in [0.15, 0.2) is 145 Å². The Bertz CT molecular complexity index is 2530. The second-order valence-corrected chi connectivity index (χ2v) is 11.1. The molecule has 224 valence electrons. The third-order valence-electron chi connectivity index (χ3n) is 8.25. The van der Waals surface area contributed by atoms with Crippen LogP contribution in [0.5, 0.6) is 0 Å². The van der Waals surface area contributed by atoms with Crippen molar-refractivity contribution in [1.82, 2.24) is 24.5 Å². The summed E-state index contributed by atoms with van der Waals surface area (Å²) in [6.07, 6.45) is 9.10. The number of oxazole rings is 1. The van der Waals surface area contributed by atoms with Gasteiger partial charge >= 0.3 is 21.1 Å². The zero-order chi connectivity index (χ0) is 30.5. The molecule has 6 nitrogen and oxygen atoms in total. The summed E-state index contributed by atoms with van der Waals surface area (Å²) < 4.78 is 8.55. The van der Waals surface area contributed by atoms with Crippen molar-refractivity contribution in [2.45, 2.75) is 0 Å². The Hall–Kier alpha value is -5.71. The summed E-state index contributed by atoms with van der Waals surface area (Å²) >= 11 is 0. The number of hydrogen-bond donors (Lipinski definition) is 0. The van der Waals surface area contributed by atoms with Gasteiger partial charge in [0.1, 0.15) is 11.5 Å². The predicted octanol–water partition coefficient (Wildman–Crippen LogP) is 9.38. The summed E-state index contributed by atoms with van der Waals surface area (Å²) in [4.78, 5) is 18.0. The van der Waals surface area contributed by atoms with Crippen molar-refractivity contribution >= 4 is 32.9 Å². The third kappa shape index (κ3) is 5.13. The van der Waals surface area contributed by atoms with E-state index in [1.807, 2.05) is 85.2 Å². The molecule has 0 saturated carbocycles. The number of aromatic nitrogens is 5. The van der Waals surface area contributed by atoms with Crippen LogP contribution in [0.1, 0.15) is 0 Å². The summed E-state index contributed by atoms with van der Waals surface area (Å²) in [5.74, 6) is 0.513. The molecule has 0 saturated heterocycles. The van der Waals surface area contributed by atoms with Gasteiger partial charge in [-0.25, -0.2) is 0 Å². The maximum atomic E-state index is 6.34. The first-order valence-corrected chi connectivity index (χ1v) is 14.9. The second-order valence-electron chi connectivity index (χ2n) is 11.1. The molecule has 0 spiro atoms. The fourth-order valence-electron chi connectivity index (χ4n) is 6.04. The van der Waals surface area contributed by atoms with Gasteiger partial charge in [0.2, 0.25) is 0 Å². The molecule has 5 heterocycles. The van der Waals surface area contributed by atoms with Gasteiger partial charge in [0.15, 0.2) is 0 Å². The fourth-order valence-corrected chi connectivity index (χ4v) is 6.04. The maximum Gasteiger partial charge on any atom is 2.00 e. The van der Waals surface area contributed by atoms with Gasteiger partial charge in [-0.2, -0.15) is 0 Å². The number of pyridine rings is 3. The molecule has 0 N–H and O–H groups in total. The van der Waals surface area contributed by atoms with Gasteiger partial charge in [-0.05, 0) is 75.4 Å². The minimum atomic E-state index is 0. The minimum Gasteiger partial charge on any atom is -0.481 e. The number of nitrogens with zero attached hydrogens (tertiary/aromatic N) is 5. The van der Waals surface area contributed by atoms with Crippen LogP contribution >= 0.6 is 0 Å². The molecule has 47 heavy (non-hydrogen) atoms. The summed E-state index contributed by atoms with van der Waals surface area (Å²) in [7, 11) is 0. The molecule has 0 unspecified atom stereocenters. The standard InChI is InChI=1S/C40H23N5O.Pt/c1-2-19-43-35(10-1)28-6-3-9-32(20-28)45-37-16-13-26(30-7-4-17-41-24-30)21-34(37)33-14-11-29(22-38(33)45)40-44-36-15-12-27(23-39(36)46-40)31-8-5-18-42-25-31;/h1-19,21,23-25H;/q-2;+2. The Kier molecular flexibility index (Phi) is 7.28. The predicted molar refractivity (Wildman–Crippen MR) is 181 cm³/mol. The van der Waals surface area contributed by atoms with Gasteiger partial charge in [0.05, 0.1) is 5.52 Å². The first-order chi connectivity index (χ1) is 22.8. The number of fused-ring (bicyclic) bond motifs is 4. The molecular formula is C40H23N5OPt. The number of hydrogen-bond acceptors (Lipinski definition) is 5. The molecule has 0 fully saturated rings. The van der Waals surface area contributed by atoms with Crippen molar-refractivity contribution in [3.05, 3.63) is 152 Å². The van der Waals surface area contributed by atoms with E-state index in [1.165, 1.54) is 0 Å². The average Bonchev–Trinajstić information content (AvgIpc) is 3.71. The first kappa shape index (κ1) is 28.7. The topological polar surface area (TPSA) is 69.6 Å². The second kappa shape index (κ2) is 11.9. The molecule has 0 amide bonds. The molecule has 7 heteroatoms. The molecule has 5 aromatic heterocycles. The number of rotatable bonds is 5. The minimum absolute atomic E-state index is 0. The fraction of sp³-hybridized carbons (Fsp3) is 0. The number of benzene rings is 4. The van der Waals surface area contributed by atoms with Crippen molar-refractivity contribution in [2.75, 3.05) is 0 Å². The summed E-state index contributed by atoms with van der Waals surface area (Å²) in [5, 5.41) is 2.17. The quantitative estimate of drug-likeness (QED) is 0.163. The van der Waals surface area contributed by atoms with E-state index in [4.69, 9.17) is 9.40 Å². The van der Waals surface area contributed by atoms with Crippen LogP contribution in [0.2, 0.25) is 0 Å². The van der Waals surface area contributed by atoms with E-state index in [2.05, 4.69) is 68.0 Å². The monoisotopic (exact) mass is 784 g/mol. The largest absolute Gasteiger partial charge is 2.00 e. The van der Waals surface area contributed by atoms with E-state index >= 15 is 0 Å². The van der Waals surface area contributed by atoms with Gasteiger partial charge in [-0.15, -0.1) is 48.0 Å². The Morgan fingerprint density at radius 2 is 1.40 bits per heavy atom. The Labute approximate surface area is 284 Å². The van der Waals surface area contributed by atoms with Crippen molar-refractivity contribution in [3.63, 3.8) is 0 Å². The van der Waals surface area contributed by atoms with Crippen LogP contribution in [-0.2, 0) is 21.1 Å². The SMILES string of the molecule is [Pt+2].[c-]1c(-c2ccccn2)cccc1-n1c2[c-]c(-c3nc4ccc(-c5cccnc5)cc4o3)ccc2c2cc(-c3cccnc3)ccc21. The maximum absolute atomic E-state index is 6.34. The van der Waals surface area contributed by atoms with Crippen LogP contribution in [0.3, 0.4) is 0 Å². The summed E-state index contributed by atoms with van der Waals surface area (Å²) in [6.45, 7) is 0. The van der Waals surface area contributed by atoms with E-state index in [0.29, 0.717) is 11.5 Å². The summed E-state index contributed by atoms with van der Waals surface area (Å²) in [5.41, 5.74) is 11.1. The van der Waals surface area contributed by atoms with Gasteiger partial charge in [-0.1, -0.05) is 53.4 Å². The zero-order valence-corrected chi connectivity index (χ0v) is 27.0. The van der Waals surface area contributed by atoms with Crippen LogP contribution in [0.25, 0.3) is 83.6 Å². The van der Waals surface area contributed by atoms with Crippen LogP contribution in [-0.4, -0.2) is 24.5 Å². The third-order valence-corrected chi connectivity index (χ3v) is 8.25. The average molecular weight is 785 g/mol. The molecule has 0 atom stereocenters. The smallest absolute Gasteiger partial charge is 0.481 e. The summed E-state index contributed by atoms with van der Waals surface area (Å²) in [6, 6.07) is 44.1. The van der Waals surface area contributed by atoms with E-state index < -0.39 is 0 Å². The molecule has 0 bridgehead atoms. The van der Waals surface area contributed by atoms with E-state index in [9.17, 15) is 0 Å². The Morgan fingerprint density at radius 3 is 2.17 bits per heavy atom. The first-order valence-electron chi connectivity index (χ1n) is 14.9. The molecule has 9 rings (SSSR count). The van der Waals surface area contributed by atoms with Crippen LogP contribution < -0.4 is 0 Å². The Balaban J connectivity index is 0.00000324. The van der Waals surface area contributed by atoms with Crippen molar-refractivity contribution < 1.29 is 25.5 Å².